The second-order valence-corrected chi connectivity index (χ2v) is 8.39. The number of amides is 1. The monoisotopic (exact) mass is 439 g/mol. The lowest BCUT2D eigenvalue weighted by atomic mass is 10.1. The van der Waals surface area contributed by atoms with Crippen molar-refractivity contribution in [2.45, 2.75) is 25.4 Å². The largest absolute Gasteiger partial charge is 0.325 e. The minimum atomic E-state index is -0.0611. The zero-order valence-electron chi connectivity index (χ0n) is 18.2. The highest BCUT2D eigenvalue weighted by Crippen LogP contribution is 2.27. The van der Waals surface area contributed by atoms with Gasteiger partial charge in [-0.2, -0.15) is 0 Å². The topological polar surface area (TPSA) is 54.9 Å². The Morgan fingerprint density at radius 1 is 0.844 bits per heavy atom. The number of aryl methyl sites for hydroxylation is 2. The molecule has 4 aromatic rings. The molecule has 4 nitrogen and oxygen atoms in total. The summed E-state index contributed by atoms with van der Waals surface area (Å²) in [6.07, 6.45) is 0.868. The van der Waals surface area contributed by atoms with Crippen LogP contribution in [0.25, 0.3) is 22.5 Å². The molecule has 0 fully saturated rings. The first-order valence-electron chi connectivity index (χ1n) is 10.6. The third kappa shape index (κ3) is 5.24. The lowest BCUT2D eigenvalue weighted by Gasteiger charge is -2.13. The highest BCUT2D eigenvalue weighted by atomic mass is 32.2. The smallest absolute Gasteiger partial charge is 0.234 e. The number of anilines is 1. The van der Waals surface area contributed by atoms with Crippen LogP contribution in [0.5, 0.6) is 0 Å². The molecule has 0 bridgehead atoms. The molecule has 1 heterocycles. The third-order valence-corrected chi connectivity index (χ3v) is 6.03. The Bertz CT molecular complexity index is 1150. The van der Waals surface area contributed by atoms with Gasteiger partial charge in [0.25, 0.3) is 0 Å². The molecule has 3 aromatic carbocycles. The van der Waals surface area contributed by atoms with E-state index in [9.17, 15) is 4.79 Å². The van der Waals surface area contributed by atoms with Gasteiger partial charge in [0.05, 0.1) is 17.1 Å². The van der Waals surface area contributed by atoms with Crippen molar-refractivity contribution in [2.75, 3.05) is 11.1 Å². The Kier molecular flexibility index (Phi) is 6.97. The van der Waals surface area contributed by atoms with E-state index in [2.05, 4.69) is 12.2 Å². The molecule has 1 amide bonds. The molecule has 0 saturated heterocycles. The molecule has 0 spiro atoms. The van der Waals surface area contributed by atoms with E-state index in [0.717, 1.165) is 45.7 Å². The van der Waals surface area contributed by atoms with Crippen molar-refractivity contribution in [3.63, 3.8) is 0 Å². The zero-order chi connectivity index (χ0) is 22.3. The van der Waals surface area contributed by atoms with Crippen LogP contribution in [0.3, 0.4) is 0 Å². The molecule has 0 unspecified atom stereocenters. The Balaban J connectivity index is 1.57. The molecule has 32 heavy (non-hydrogen) atoms. The van der Waals surface area contributed by atoms with E-state index in [0.29, 0.717) is 5.16 Å². The quantitative estimate of drug-likeness (QED) is 0.267. The molecule has 0 aliphatic carbocycles. The van der Waals surface area contributed by atoms with E-state index in [-0.39, 0.29) is 11.7 Å². The van der Waals surface area contributed by atoms with E-state index < -0.39 is 0 Å². The van der Waals surface area contributed by atoms with E-state index in [1.165, 1.54) is 11.8 Å². The number of carbonyl (C=O) groups is 1. The van der Waals surface area contributed by atoms with Crippen LogP contribution in [-0.4, -0.2) is 21.6 Å². The normalized spacial score (nSPS) is 10.7. The highest BCUT2D eigenvalue weighted by Gasteiger charge is 2.13. The van der Waals surface area contributed by atoms with Crippen LogP contribution in [0.2, 0.25) is 0 Å². The van der Waals surface area contributed by atoms with Gasteiger partial charge in [0.1, 0.15) is 0 Å². The summed E-state index contributed by atoms with van der Waals surface area (Å²) in [5.41, 5.74) is 6.83. The molecule has 0 aliphatic heterocycles. The van der Waals surface area contributed by atoms with Gasteiger partial charge < -0.3 is 5.32 Å². The molecule has 1 N–H and O–H groups in total. The van der Waals surface area contributed by atoms with Crippen molar-refractivity contribution in [2.24, 2.45) is 0 Å². The van der Waals surface area contributed by atoms with Crippen molar-refractivity contribution in [1.82, 2.24) is 9.97 Å². The molecule has 160 valence electrons. The Labute approximate surface area is 193 Å². The molecule has 0 atom stereocenters. The second-order valence-electron chi connectivity index (χ2n) is 7.45. The van der Waals surface area contributed by atoms with Gasteiger partial charge in [-0.15, -0.1) is 0 Å². The van der Waals surface area contributed by atoms with Gasteiger partial charge in [-0.1, -0.05) is 97.5 Å². The van der Waals surface area contributed by atoms with Crippen molar-refractivity contribution >= 4 is 23.4 Å². The first-order valence-corrected chi connectivity index (χ1v) is 11.6. The van der Waals surface area contributed by atoms with Crippen LogP contribution in [0.1, 0.15) is 18.1 Å². The van der Waals surface area contributed by atoms with Gasteiger partial charge in [0.15, 0.2) is 5.16 Å². The van der Waals surface area contributed by atoms with Crippen molar-refractivity contribution in [1.29, 1.82) is 0 Å². The van der Waals surface area contributed by atoms with Gasteiger partial charge in [0.2, 0.25) is 5.91 Å². The van der Waals surface area contributed by atoms with Gasteiger partial charge in [-0.25, -0.2) is 9.97 Å². The summed E-state index contributed by atoms with van der Waals surface area (Å²) in [6, 6.07) is 28.1. The van der Waals surface area contributed by atoms with Crippen LogP contribution < -0.4 is 5.32 Å². The molecule has 0 radical (unpaired) electrons. The summed E-state index contributed by atoms with van der Waals surface area (Å²) in [5.74, 6) is 0.179. The average Bonchev–Trinajstić information content (AvgIpc) is 2.85. The summed E-state index contributed by atoms with van der Waals surface area (Å²) in [4.78, 5) is 22.2. The van der Waals surface area contributed by atoms with Crippen molar-refractivity contribution in [3.8, 4) is 22.5 Å². The molecule has 4 rings (SSSR count). The van der Waals surface area contributed by atoms with E-state index in [1.807, 2.05) is 91.9 Å². The molecular formula is C27H25N3OS. The summed E-state index contributed by atoms with van der Waals surface area (Å²) in [5, 5.41) is 3.66. The Morgan fingerprint density at radius 2 is 1.44 bits per heavy atom. The minimum absolute atomic E-state index is 0.0611. The standard InChI is InChI=1S/C27H25N3OS/c1-3-20-16-10-11-19(2)26(20)30-25(31)18-32-27-28-23(21-12-6-4-7-13-21)17-24(29-27)22-14-8-5-9-15-22/h4-17H,3,18H2,1-2H3,(H,30,31). The number of nitrogens with one attached hydrogen (secondary N) is 1. The third-order valence-electron chi connectivity index (χ3n) is 5.18. The lowest BCUT2D eigenvalue weighted by molar-refractivity contribution is -0.113. The maximum atomic E-state index is 12.7. The maximum absolute atomic E-state index is 12.7. The van der Waals surface area contributed by atoms with Gasteiger partial charge in [0, 0.05) is 16.8 Å². The van der Waals surface area contributed by atoms with Crippen molar-refractivity contribution in [3.05, 3.63) is 96.1 Å². The Hall–Kier alpha value is -3.44. The first kappa shape index (κ1) is 21.8. The SMILES string of the molecule is CCc1cccc(C)c1NC(=O)CSc1nc(-c2ccccc2)cc(-c2ccccc2)n1. The zero-order valence-corrected chi connectivity index (χ0v) is 19.0. The summed E-state index contributed by atoms with van der Waals surface area (Å²) in [6.45, 7) is 4.10. The summed E-state index contributed by atoms with van der Waals surface area (Å²) >= 11 is 1.35. The van der Waals surface area contributed by atoms with Gasteiger partial charge >= 0.3 is 0 Å². The van der Waals surface area contributed by atoms with E-state index >= 15 is 0 Å². The predicted octanol–water partition coefficient (Wildman–Crippen LogP) is 6.41. The van der Waals surface area contributed by atoms with Crippen LogP contribution in [0, 0.1) is 6.92 Å². The maximum Gasteiger partial charge on any atom is 0.234 e. The molecule has 5 heteroatoms. The highest BCUT2D eigenvalue weighted by molar-refractivity contribution is 7.99. The fourth-order valence-electron chi connectivity index (χ4n) is 3.51. The predicted molar refractivity (Wildman–Crippen MR) is 133 cm³/mol. The number of hydrogen-bond acceptors (Lipinski definition) is 4. The van der Waals surface area contributed by atoms with Gasteiger partial charge in [-0.3, -0.25) is 4.79 Å². The summed E-state index contributed by atoms with van der Waals surface area (Å²) in [7, 11) is 0. The Morgan fingerprint density at radius 3 is 2.00 bits per heavy atom. The molecule has 0 aliphatic rings. The number of nitrogens with zero attached hydrogens (tertiary/aromatic N) is 2. The first-order chi connectivity index (χ1) is 15.6. The fraction of sp³-hybridized carbons (Fsp3) is 0.148. The number of thioether (sulfide) groups is 1. The number of aromatic nitrogens is 2. The van der Waals surface area contributed by atoms with E-state index in [4.69, 9.17) is 9.97 Å². The van der Waals surface area contributed by atoms with Crippen LogP contribution in [0.4, 0.5) is 5.69 Å². The lowest BCUT2D eigenvalue weighted by Crippen LogP contribution is -2.16. The number of hydrogen-bond donors (Lipinski definition) is 1. The van der Waals surface area contributed by atoms with Crippen LogP contribution in [0.15, 0.2) is 90.1 Å². The fourth-order valence-corrected chi connectivity index (χ4v) is 4.17. The number of para-hydroxylation sites is 1. The number of benzene rings is 3. The van der Waals surface area contributed by atoms with E-state index in [1.54, 1.807) is 0 Å². The molecular weight excluding hydrogens is 414 g/mol. The molecule has 1 aromatic heterocycles. The summed E-state index contributed by atoms with van der Waals surface area (Å²) < 4.78 is 0. The minimum Gasteiger partial charge on any atom is -0.325 e. The van der Waals surface area contributed by atoms with Crippen LogP contribution in [-0.2, 0) is 11.2 Å². The average molecular weight is 440 g/mol. The number of carbonyl (C=O) groups excluding carboxylic acids is 1. The van der Waals surface area contributed by atoms with Gasteiger partial charge in [-0.05, 0) is 30.5 Å². The van der Waals surface area contributed by atoms with Crippen molar-refractivity contribution < 1.29 is 4.79 Å². The molecule has 0 saturated carbocycles. The second kappa shape index (κ2) is 10.2. The van der Waals surface area contributed by atoms with Crippen LogP contribution >= 0.6 is 11.8 Å². The number of rotatable bonds is 7.